The summed E-state index contributed by atoms with van der Waals surface area (Å²) in [4.78, 5) is 0. The Hall–Kier alpha value is -0.250. The van der Waals surface area contributed by atoms with Crippen LogP contribution in [0.3, 0.4) is 0 Å². The van der Waals surface area contributed by atoms with Gasteiger partial charge in [-0.05, 0) is 103 Å². The van der Waals surface area contributed by atoms with Crippen molar-refractivity contribution in [3.8, 4) is 0 Å². The van der Waals surface area contributed by atoms with E-state index in [0.717, 1.165) is 0 Å². The highest BCUT2D eigenvalue weighted by atomic mass is 32.3. The van der Waals surface area contributed by atoms with Crippen molar-refractivity contribution in [3.63, 3.8) is 0 Å². The van der Waals surface area contributed by atoms with E-state index in [1.807, 2.05) is 0 Å². The maximum atomic E-state index is 8.91. The van der Waals surface area contributed by atoms with Gasteiger partial charge in [-0.2, -0.15) is 0 Å². The van der Waals surface area contributed by atoms with Crippen molar-refractivity contribution >= 4 is 10.4 Å². The second-order valence-electron chi connectivity index (χ2n) is 34.4. The van der Waals surface area contributed by atoms with Crippen LogP contribution in [0.5, 0.6) is 0 Å². The summed E-state index contributed by atoms with van der Waals surface area (Å²) in [6.45, 7) is 30.6. The quantitative estimate of drug-likeness (QED) is 0.0151. The number of hydrogen-bond donors (Lipinski definition) is 0. The van der Waals surface area contributed by atoms with E-state index in [9.17, 15) is 0 Å². The van der Waals surface area contributed by atoms with Gasteiger partial charge in [0.15, 0.2) is 0 Å². The number of nitrogens with zero attached hydrogens (tertiary/aromatic N) is 2. The third-order valence-corrected chi connectivity index (χ3v) is 24.1. The fraction of sp³-hybridized carbons (Fsp3) is 1.00. The molecule has 0 saturated carbocycles. The van der Waals surface area contributed by atoms with Gasteiger partial charge in [-0.25, -0.2) is 8.42 Å². The van der Waals surface area contributed by atoms with Crippen LogP contribution < -0.4 is 5.26 Å². The first kappa shape index (κ1) is 108. The molecule has 8 heteroatoms. The van der Waals surface area contributed by atoms with Gasteiger partial charge in [0.05, 0.1) is 52.4 Å². The third kappa shape index (κ3) is 90.6. The van der Waals surface area contributed by atoms with E-state index in [0.29, 0.717) is 0 Å². The molecular weight excluding hydrogens is 1290 g/mol. The zero-order valence-corrected chi connectivity index (χ0v) is 74.4. The predicted molar refractivity (Wildman–Crippen MR) is 465 cm³/mol. The summed E-state index contributed by atoms with van der Waals surface area (Å²) in [6, 6.07) is 0. The van der Waals surface area contributed by atoms with Crippen molar-refractivity contribution in [3.05, 3.63) is 0 Å². The van der Waals surface area contributed by atoms with Gasteiger partial charge in [0, 0.05) is 0 Å². The predicted octanol–water partition coefficient (Wildman–Crippen LogP) is 32.7. The van der Waals surface area contributed by atoms with E-state index in [1.54, 1.807) is 0 Å². The van der Waals surface area contributed by atoms with E-state index >= 15 is 0 Å². The number of rotatable bonds is 89. The minimum absolute atomic E-state index is 1.37. The Morgan fingerprint density at radius 2 is 0.231 bits per heavy atom. The summed E-state index contributed by atoms with van der Waals surface area (Å²) in [6.07, 6.45) is 117. The molecule has 630 valence electrons. The van der Waals surface area contributed by atoms with Crippen molar-refractivity contribution in [2.45, 2.75) is 569 Å². The van der Waals surface area contributed by atoms with Crippen molar-refractivity contribution in [2.24, 2.45) is 0 Å². The maximum Gasteiger partial charge on any atom is 0.208 e. The summed E-state index contributed by atoms with van der Waals surface area (Å²) in [5, 5.41) is 8.55. The molecule has 0 unspecified atom stereocenters. The van der Waals surface area contributed by atoms with Gasteiger partial charge >= 0.3 is 0 Å². The topological polar surface area (TPSA) is 89.5 Å². The molecule has 0 atom stereocenters. The van der Waals surface area contributed by atoms with Crippen LogP contribution in [0.1, 0.15) is 569 Å². The van der Waals surface area contributed by atoms with Crippen LogP contribution in [0.2, 0.25) is 0 Å². The maximum absolute atomic E-state index is 8.91. The van der Waals surface area contributed by atoms with Crippen LogP contribution in [0.25, 0.3) is 0 Å². The lowest BCUT2D eigenvalue weighted by molar-refractivity contribution is -0.929. The van der Waals surface area contributed by atoms with Gasteiger partial charge in [0.2, 0.25) is 10.4 Å². The van der Waals surface area contributed by atoms with Gasteiger partial charge in [0.1, 0.15) is 0 Å². The molecule has 0 amide bonds. The molecule has 0 rings (SSSR count). The Balaban J connectivity index is -0.00000181. The third-order valence-electron chi connectivity index (χ3n) is 24.0. The molecule has 0 aromatic rings. The number of hydrogen-bond acceptors (Lipinski definition) is 5. The van der Waals surface area contributed by atoms with Crippen LogP contribution in [0.4, 0.5) is 0 Å². The average molecular weight is 1490 g/mol. The molecule has 0 heterocycles. The van der Waals surface area contributed by atoms with Crippen LogP contribution >= 0.6 is 0 Å². The summed E-state index contributed by atoms with van der Waals surface area (Å²) < 4.78 is 31.8. The summed E-state index contributed by atoms with van der Waals surface area (Å²) in [7, 11) is -4.97. The Morgan fingerprint density at radius 3 is 0.298 bits per heavy atom. The molecule has 0 bridgehead atoms. The highest BCUT2D eigenvalue weighted by Crippen LogP contribution is 2.25. The number of quaternary nitrogens is 2. The van der Waals surface area contributed by atoms with Crippen LogP contribution in [0.15, 0.2) is 0 Å². The second-order valence-corrected chi connectivity index (χ2v) is 35.4. The lowest BCUT2D eigenvalue weighted by atomic mass is 10.0. The van der Waals surface area contributed by atoms with Gasteiger partial charge in [-0.1, -0.05) is 466 Å². The minimum atomic E-state index is -4.97. The molecule has 0 N–H and O–H groups in total. The Labute approximate surface area is 659 Å². The van der Waals surface area contributed by atoms with Gasteiger partial charge in [0.25, 0.3) is 0 Å². The first-order valence-electron chi connectivity index (χ1n) is 49.0. The van der Waals surface area contributed by atoms with E-state index in [-0.39, 0.29) is 0 Å². The lowest BCUT2D eigenvalue weighted by Crippen LogP contribution is -2.50. The van der Waals surface area contributed by atoms with Crippen LogP contribution in [-0.2, 0) is 14.7 Å². The average Bonchev–Trinajstić information content (AvgIpc) is 0.881. The highest BCUT2D eigenvalue weighted by Gasteiger charge is 2.27. The van der Waals surface area contributed by atoms with E-state index in [2.05, 4.69) is 59.7 Å². The largest absolute Gasteiger partial charge is 0.726 e. The molecule has 0 aliphatic carbocycles. The summed E-state index contributed by atoms with van der Waals surface area (Å²) in [5.41, 5.74) is 0. The fourth-order valence-electron chi connectivity index (χ4n) is 16.8. The Bertz CT molecular complexity index is 1310. The van der Waals surface area contributed by atoms with E-state index in [1.165, 1.54) is 575 Å². The van der Waals surface area contributed by atoms with Crippen molar-refractivity contribution < 1.29 is 31.5 Å². The smallest absolute Gasteiger partial charge is 0.208 e. The van der Waals surface area contributed by atoms with Crippen molar-refractivity contribution in [1.82, 2.24) is 0 Å². The fourth-order valence-corrected chi connectivity index (χ4v) is 16.8. The standard InChI is InChI=1S/2C48H100N.H2O5S/c2*1-5-9-13-17-21-25-29-33-37-41-45-49(46-42-38-34-30-26-22-18-14-10-6-2,47-43-39-35-31-27-23-19-15-11-7-3)48-44-40-36-32-28-24-20-16-12-8-4;1-5-6(2,3)4/h2*5-48H2,1-4H3;1H,(H,2,3,4)/q2*+1;/p-2. The van der Waals surface area contributed by atoms with Gasteiger partial charge in [-0.3, -0.25) is 0 Å². The summed E-state index contributed by atoms with van der Waals surface area (Å²) in [5.74, 6) is 0. The monoisotopic (exact) mass is 1490 g/mol. The zero-order chi connectivity index (χ0) is 76.4. The van der Waals surface area contributed by atoms with Crippen LogP contribution in [-0.4, -0.2) is 74.3 Å². The second kappa shape index (κ2) is 93.4. The summed E-state index contributed by atoms with van der Waals surface area (Å²) >= 11 is 0. The molecule has 0 aromatic heterocycles. The number of unbranched alkanes of at least 4 members (excludes halogenated alkanes) is 72. The zero-order valence-electron chi connectivity index (χ0n) is 73.6. The van der Waals surface area contributed by atoms with Crippen molar-refractivity contribution in [1.29, 1.82) is 0 Å². The molecule has 0 saturated heterocycles. The minimum Gasteiger partial charge on any atom is -0.726 e. The van der Waals surface area contributed by atoms with E-state index in [4.69, 9.17) is 18.2 Å². The van der Waals surface area contributed by atoms with Crippen molar-refractivity contribution in [2.75, 3.05) is 52.4 Å². The molecule has 0 fully saturated rings. The normalized spacial score (nSPS) is 12.0. The first-order chi connectivity index (χ1) is 51.0. The first-order valence-corrected chi connectivity index (χ1v) is 50.4. The molecular formula is C96H200N2O5S. The molecule has 0 aliphatic heterocycles. The van der Waals surface area contributed by atoms with E-state index < -0.39 is 10.4 Å². The SMILES string of the molecule is CCCCCCCCCCCC[N+](CCCCCCCCCCCC)(CCCCCCCCCCCC)CCCCCCCCCCCC.CCCCCCCCCCCC[N+](CCCCCCCCCCCC)(CCCCCCCCCCCC)CCCCCCCCCCCC.O=S(=O)([O-])O[O-]. The molecule has 0 aliphatic rings. The van der Waals surface area contributed by atoms with Gasteiger partial charge in [-0.15, -0.1) is 0 Å². The van der Waals surface area contributed by atoms with Crippen LogP contribution in [0, 0.1) is 0 Å². The van der Waals surface area contributed by atoms with Gasteiger partial charge < -0.3 is 23.1 Å². The molecule has 0 radical (unpaired) electrons. The molecule has 0 spiro atoms. The lowest BCUT2D eigenvalue weighted by Gasteiger charge is -2.40. The Kier molecular flexibility index (Phi) is 96.9. The Morgan fingerprint density at radius 1 is 0.163 bits per heavy atom. The molecule has 104 heavy (non-hydrogen) atoms. The molecule has 7 nitrogen and oxygen atoms in total. The molecule has 0 aromatic carbocycles. The highest BCUT2D eigenvalue weighted by molar-refractivity contribution is 7.80.